The second-order valence-corrected chi connectivity index (χ2v) is 8.48. The van der Waals surface area contributed by atoms with Gasteiger partial charge >= 0.3 is 0 Å². The van der Waals surface area contributed by atoms with Crippen molar-refractivity contribution in [1.82, 2.24) is 0 Å². The van der Waals surface area contributed by atoms with E-state index in [1.165, 1.54) is 133 Å². The molecule has 0 aromatic rings. The molecule has 0 heterocycles. The van der Waals surface area contributed by atoms with Crippen LogP contribution in [-0.4, -0.2) is 30.7 Å². The normalized spacial score (nSPS) is 11.5. The van der Waals surface area contributed by atoms with Gasteiger partial charge in [0.15, 0.2) is 0 Å². The lowest BCUT2D eigenvalue weighted by Gasteiger charge is -2.39. The molecular weight excluding hydrogens is 429 g/mol. The first-order valence-electron chi connectivity index (χ1n) is 12.1. The highest BCUT2D eigenvalue weighted by atomic mass is 127. The summed E-state index contributed by atoms with van der Waals surface area (Å²) in [4.78, 5) is 0. The summed E-state index contributed by atoms with van der Waals surface area (Å²) in [6.07, 6.45) is 22.9. The van der Waals surface area contributed by atoms with Crippen LogP contribution in [-0.2, 0) is 0 Å². The van der Waals surface area contributed by atoms with E-state index in [2.05, 4.69) is 27.7 Å². The monoisotopic (exact) mass is 481 g/mol. The van der Waals surface area contributed by atoms with Gasteiger partial charge in [-0.25, -0.2) is 0 Å². The van der Waals surface area contributed by atoms with Crippen LogP contribution in [0.2, 0.25) is 0 Å². The van der Waals surface area contributed by atoms with E-state index < -0.39 is 0 Å². The van der Waals surface area contributed by atoms with E-state index in [-0.39, 0.29) is 24.0 Å². The van der Waals surface area contributed by atoms with Crippen molar-refractivity contribution >= 4 is 0 Å². The minimum Gasteiger partial charge on any atom is -1.00 e. The van der Waals surface area contributed by atoms with Gasteiger partial charge in [-0.15, -0.1) is 0 Å². The molecule has 0 fully saturated rings. The first-order valence-corrected chi connectivity index (χ1v) is 12.1. The van der Waals surface area contributed by atoms with Gasteiger partial charge in [0.1, 0.15) is 0 Å². The number of unbranched alkanes of at least 4 members (excludes halogenated alkanes) is 12. The third-order valence-corrected chi connectivity index (χ3v) is 5.94. The Bertz CT molecular complexity index is 228. The van der Waals surface area contributed by atoms with Crippen molar-refractivity contribution in [2.75, 3.05) is 26.2 Å². The van der Waals surface area contributed by atoms with Crippen molar-refractivity contribution in [3.63, 3.8) is 0 Å². The van der Waals surface area contributed by atoms with Crippen molar-refractivity contribution < 1.29 is 28.5 Å². The Morgan fingerprint density at radius 1 is 0.346 bits per heavy atom. The Morgan fingerprint density at radius 3 is 0.923 bits per heavy atom. The fraction of sp³-hybridized carbons (Fsp3) is 1.00. The van der Waals surface area contributed by atoms with Crippen LogP contribution < -0.4 is 24.0 Å². The minimum atomic E-state index is 0. The van der Waals surface area contributed by atoms with Crippen LogP contribution in [0.25, 0.3) is 0 Å². The summed E-state index contributed by atoms with van der Waals surface area (Å²) in [5.41, 5.74) is 0. The largest absolute Gasteiger partial charge is 1.00 e. The number of quaternary nitrogens is 1. The number of rotatable bonds is 20. The fourth-order valence-corrected chi connectivity index (χ4v) is 4.17. The van der Waals surface area contributed by atoms with E-state index in [0.29, 0.717) is 0 Å². The predicted molar refractivity (Wildman–Crippen MR) is 116 cm³/mol. The molecule has 0 radical (unpaired) electrons. The zero-order valence-corrected chi connectivity index (χ0v) is 21.1. The Kier molecular flexibility index (Phi) is 24.4. The molecule has 0 aliphatic heterocycles. The molecule has 0 saturated carbocycles. The molecule has 0 saturated heterocycles. The smallest absolute Gasteiger partial charge is 0.0786 e. The van der Waals surface area contributed by atoms with E-state index in [9.17, 15) is 0 Å². The summed E-state index contributed by atoms with van der Waals surface area (Å²) in [6.45, 7) is 15.2. The number of halogens is 1. The maximum Gasteiger partial charge on any atom is 0.0786 e. The van der Waals surface area contributed by atoms with Gasteiger partial charge in [-0.3, -0.25) is 0 Å². The van der Waals surface area contributed by atoms with Crippen molar-refractivity contribution in [3.8, 4) is 0 Å². The average Bonchev–Trinajstić information content (AvgIpc) is 2.61. The van der Waals surface area contributed by atoms with Crippen LogP contribution >= 0.6 is 0 Å². The molecule has 0 aliphatic carbocycles. The van der Waals surface area contributed by atoms with Gasteiger partial charge in [0.25, 0.3) is 0 Å². The van der Waals surface area contributed by atoms with Crippen molar-refractivity contribution in [2.24, 2.45) is 0 Å². The Hall–Kier alpha value is 0.690. The third kappa shape index (κ3) is 16.8. The lowest BCUT2D eigenvalue weighted by molar-refractivity contribution is -0.929. The van der Waals surface area contributed by atoms with Gasteiger partial charge in [0.2, 0.25) is 0 Å². The van der Waals surface area contributed by atoms with Crippen LogP contribution in [0.4, 0.5) is 0 Å². The zero-order valence-electron chi connectivity index (χ0n) is 19.0. The van der Waals surface area contributed by atoms with Crippen LogP contribution in [0.1, 0.15) is 130 Å². The number of hydrogen-bond donors (Lipinski definition) is 0. The lowest BCUT2D eigenvalue weighted by atomic mass is 10.1. The molecule has 160 valence electrons. The molecule has 26 heavy (non-hydrogen) atoms. The van der Waals surface area contributed by atoms with Gasteiger partial charge in [-0.2, -0.15) is 0 Å². The highest BCUT2D eigenvalue weighted by Gasteiger charge is 2.25. The topological polar surface area (TPSA) is 0 Å². The third-order valence-electron chi connectivity index (χ3n) is 5.94. The van der Waals surface area contributed by atoms with E-state index in [1.807, 2.05) is 0 Å². The van der Waals surface area contributed by atoms with Gasteiger partial charge < -0.3 is 28.5 Å². The highest BCUT2D eigenvalue weighted by molar-refractivity contribution is 4.53. The molecule has 0 amide bonds. The van der Waals surface area contributed by atoms with Gasteiger partial charge in [-0.1, -0.05) is 79.1 Å². The Morgan fingerprint density at radius 2 is 0.577 bits per heavy atom. The molecule has 0 aromatic carbocycles. The second-order valence-electron chi connectivity index (χ2n) is 8.48. The number of nitrogens with zero attached hydrogens (tertiary/aromatic N) is 1. The summed E-state index contributed by atoms with van der Waals surface area (Å²) in [5, 5.41) is 0. The maximum atomic E-state index is 2.35. The Labute approximate surface area is 184 Å². The summed E-state index contributed by atoms with van der Waals surface area (Å²) >= 11 is 0. The molecule has 2 heteroatoms. The maximum absolute atomic E-state index is 2.35. The molecule has 0 aromatic heterocycles. The summed E-state index contributed by atoms with van der Waals surface area (Å²) < 4.78 is 1.45. The summed E-state index contributed by atoms with van der Waals surface area (Å²) in [7, 11) is 0. The van der Waals surface area contributed by atoms with Gasteiger partial charge in [-0.05, 0) is 51.4 Å². The van der Waals surface area contributed by atoms with Crippen LogP contribution in [0, 0.1) is 0 Å². The molecule has 0 atom stereocenters. The molecule has 0 N–H and O–H groups in total. The average molecular weight is 482 g/mol. The summed E-state index contributed by atoms with van der Waals surface area (Å²) in [5.74, 6) is 0. The summed E-state index contributed by atoms with van der Waals surface area (Å²) in [6, 6.07) is 0. The molecule has 0 aliphatic rings. The van der Waals surface area contributed by atoms with Crippen LogP contribution in [0.5, 0.6) is 0 Å². The predicted octanol–water partition coefficient (Wildman–Crippen LogP) is 5.13. The molecule has 0 bridgehead atoms. The molecule has 0 rings (SSSR count). The minimum absolute atomic E-state index is 0. The van der Waals surface area contributed by atoms with Crippen molar-refractivity contribution in [3.05, 3.63) is 0 Å². The van der Waals surface area contributed by atoms with E-state index in [4.69, 9.17) is 0 Å². The van der Waals surface area contributed by atoms with Crippen molar-refractivity contribution in [1.29, 1.82) is 0 Å². The highest BCUT2D eigenvalue weighted by Crippen LogP contribution is 2.19. The van der Waals surface area contributed by atoms with Crippen LogP contribution in [0.15, 0.2) is 0 Å². The van der Waals surface area contributed by atoms with Crippen molar-refractivity contribution in [2.45, 2.75) is 130 Å². The van der Waals surface area contributed by atoms with Crippen LogP contribution in [0.3, 0.4) is 0 Å². The van der Waals surface area contributed by atoms with Gasteiger partial charge in [0.05, 0.1) is 26.2 Å². The second kappa shape index (κ2) is 22.0. The molecule has 0 unspecified atom stereocenters. The van der Waals surface area contributed by atoms with E-state index in [0.717, 1.165) is 0 Å². The fourth-order valence-electron chi connectivity index (χ4n) is 4.17. The molecular formula is C24H52IN. The number of hydrogen-bond acceptors (Lipinski definition) is 0. The molecule has 0 spiro atoms. The molecule has 1 nitrogen and oxygen atoms in total. The Balaban J connectivity index is 0. The van der Waals surface area contributed by atoms with E-state index in [1.54, 1.807) is 0 Å². The van der Waals surface area contributed by atoms with Gasteiger partial charge in [0, 0.05) is 0 Å². The lowest BCUT2D eigenvalue weighted by Crippen LogP contribution is -3.00. The first kappa shape index (κ1) is 28.9. The quantitative estimate of drug-likeness (QED) is 0.129. The SMILES string of the molecule is CCCCCCCCC[N+](CCCCC)(CCCCC)CCCCC.[I-]. The zero-order chi connectivity index (χ0) is 18.6. The van der Waals surface area contributed by atoms with E-state index >= 15 is 0 Å². The first-order chi connectivity index (χ1) is 12.2. The standard InChI is InChI=1S/C24H52N.HI/c1-5-9-13-14-15-16-20-24-25(21-17-10-6-2,22-18-11-7-3)23-19-12-8-4;/h5-24H2,1-4H3;1H/q+1;/p-1.